The number of benzene rings is 1. The van der Waals surface area contributed by atoms with Gasteiger partial charge in [0.1, 0.15) is 0 Å². The maximum atomic E-state index is 11.2. The molecule has 0 radical (unpaired) electrons. The van der Waals surface area contributed by atoms with Crippen molar-refractivity contribution in [2.75, 3.05) is 13.1 Å². The predicted octanol–water partition coefficient (Wildman–Crippen LogP) is 3.47. The molecule has 1 aromatic carbocycles. The Kier molecular flexibility index (Phi) is 5.55. The summed E-state index contributed by atoms with van der Waals surface area (Å²) in [5, 5.41) is 9.17. The van der Waals surface area contributed by atoms with Crippen LogP contribution >= 0.6 is 0 Å². The standard InChI is InChI=1S/C16H25NO2/c1-6-17(7-2)15(10-16(18)19)14-9-12(4)11(3)8-13(14)5/h8-9,15H,6-7,10H2,1-5H3,(H,18,19). The van der Waals surface area contributed by atoms with E-state index in [1.54, 1.807) is 0 Å². The first-order valence-corrected chi connectivity index (χ1v) is 6.94. The second kappa shape index (κ2) is 6.71. The van der Waals surface area contributed by atoms with Crippen LogP contribution in [-0.2, 0) is 4.79 Å². The van der Waals surface area contributed by atoms with Crippen LogP contribution in [0.15, 0.2) is 12.1 Å². The van der Waals surface area contributed by atoms with Crippen molar-refractivity contribution in [1.29, 1.82) is 0 Å². The van der Waals surface area contributed by atoms with Crippen LogP contribution in [0.2, 0.25) is 0 Å². The monoisotopic (exact) mass is 263 g/mol. The van der Waals surface area contributed by atoms with E-state index in [9.17, 15) is 9.90 Å². The van der Waals surface area contributed by atoms with Crippen LogP contribution < -0.4 is 0 Å². The van der Waals surface area contributed by atoms with Crippen molar-refractivity contribution in [2.45, 2.75) is 47.1 Å². The summed E-state index contributed by atoms with van der Waals surface area (Å²) in [6.45, 7) is 12.1. The maximum absolute atomic E-state index is 11.2. The molecule has 0 saturated heterocycles. The summed E-state index contributed by atoms with van der Waals surface area (Å²) in [6.07, 6.45) is 0.158. The second-order valence-electron chi connectivity index (χ2n) is 5.13. The molecule has 1 N–H and O–H groups in total. The van der Waals surface area contributed by atoms with Crippen molar-refractivity contribution in [3.05, 3.63) is 34.4 Å². The summed E-state index contributed by atoms with van der Waals surface area (Å²) in [5.41, 5.74) is 4.81. The number of nitrogens with zero attached hydrogens (tertiary/aromatic N) is 1. The lowest BCUT2D eigenvalue weighted by atomic mass is 9.93. The Morgan fingerprint density at radius 2 is 1.63 bits per heavy atom. The van der Waals surface area contributed by atoms with E-state index >= 15 is 0 Å². The molecule has 106 valence electrons. The van der Waals surface area contributed by atoms with Crippen molar-refractivity contribution < 1.29 is 9.90 Å². The van der Waals surface area contributed by atoms with E-state index in [0.29, 0.717) is 0 Å². The van der Waals surface area contributed by atoms with Crippen molar-refractivity contribution in [3.63, 3.8) is 0 Å². The lowest BCUT2D eigenvalue weighted by Gasteiger charge is -2.30. The van der Waals surface area contributed by atoms with Crippen LogP contribution in [0.4, 0.5) is 0 Å². The third kappa shape index (κ3) is 3.80. The van der Waals surface area contributed by atoms with Gasteiger partial charge in [0.25, 0.3) is 0 Å². The SMILES string of the molecule is CCN(CC)C(CC(=O)O)c1cc(C)c(C)cc1C. The van der Waals surface area contributed by atoms with E-state index in [4.69, 9.17) is 0 Å². The molecule has 0 amide bonds. The van der Waals surface area contributed by atoms with E-state index in [2.05, 4.69) is 51.7 Å². The van der Waals surface area contributed by atoms with E-state index < -0.39 is 5.97 Å². The van der Waals surface area contributed by atoms with Gasteiger partial charge in [-0.1, -0.05) is 26.0 Å². The number of carbonyl (C=O) groups is 1. The fourth-order valence-electron chi connectivity index (χ4n) is 2.61. The van der Waals surface area contributed by atoms with E-state index in [-0.39, 0.29) is 12.5 Å². The lowest BCUT2D eigenvalue weighted by Crippen LogP contribution is -2.30. The molecule has 3 nitrogen and oxygen atoms in total. The molecular formula is C16H25NO2. The topological polar surface area (TPSA) is 40.5 Å². The summed E-state index contributed by atoms with van der Waals surface area (Å²) >= 11 is 0. The Balaban J connectivity index is 3.23. The minimum absolute atomic E-state index is 0.0354. The van der Waals surface area contributed by atoms with Crippen LogP contribution in [-0.4, -0.2) is 29.1 Å². The second-order valence-corrected chi connectivity index (χ2v) is 5.13. The zero-order valence-electron chi connectivity index (χ0n) is 12.7. The first-order valence-electron chi connectivity index (χ1n) is 6.94. The molecule has 0 aliphatic carbocycles. The number of carboxylic acid groups (broad SMARTS) is 1. The van der Waals surface area contributed by atoms with Crippen LogP contribution in [0.1, 0.15) is 48.6 Å². The quantitative estimate of drug-likeness (QED) is 0.854. The van der Waals surface area contributed by atoms with Gasteiger partial charge in [0, 0.05) is 6.04 Å². The molecule has 0 aliphatic heterocycles. The number of hydrogen-bond acceptors (Lipinski definition) is 2. The molecule has 1 atom stereocenters. The summed E-state index contributed by atoms with van der Waals surface area (Å²) in [7, 11) is 0. The van der Waals surface area contributed by atoms with Crippen LogP contribution in [0.5, 0.6) is 0 Å². The molecule has 1 rings (SSSR count). The fraction of sp³-hybridized carbons (Fsp3) is 0.562. The minimum Gasteiger partial charge on any atom is -0.481 e. The van der Waals surface area contributed by atoms with Gasteiger partial charge in [-0.05, 0) is 56.1 Å². The third-order valence-electron chi connectivity index (χ3n) is 3.86. The Hall–Kier alpha value is -1.35. The lowest BCUT2D eigenvalue weighted by molar-refractivity contribution is -0.138. The summed E-state index contributed by atoms with van der Waals surface area (Å²) in [6, 6.07) is 4.27. The summed E-state index contributed by atoms with van der Waals surface area (Å²) in [5.74, 6) is -0.741. The molecule has 0 bridgehead atoms. The van der Waals surface area contributed by atoms with Gasteiger partial charge in [0.2, 0.25) is 0 Å². The van der Waals surface area contributed by atoms with Crippen molar-refractivity contribution >= 4 is 5.97 Å². The molecule has 0 spiro atoms. The molecule has 3 heteroatoms. The molecule has 19 heavy (non-hydrogen) atoms. The average Bonchev–Trinajstić information content (AvgIpc) is 2.33. The van der Waals surface area contributed by atoms with E-state index in [1.807, 2.05) is 0 Å². The molecule has 0 saturated carbocycles. The molecule has 0 aromatic heterocycles. The van der Waals surface area contributed by atoms with Crippen LogP contribution in [0.25, 0.3) is 0 Å². The van der Waals surface area contributed by atoms with Crippen LogP contribution in [0, 0.1) is 20.8 Å². The van der Waals surface area contributed by atoms with Crippen molar-refractivity contribution in [1.82, 2.24) is 4.90 Å². The highest BCUT2D eigenvalue weighted by atomic mass is 16.4. The summed E-state index contributed by atoms with van der Waals surface area (Å²) in [4.78, 5) is 13.4. The Labute approximate surface area is 116 Å². The fourth-order valence-corrected chi connectivity index (χ4v) is 2.61. The highest BCUT2D eigenvalue weighted by Crippen LogP contribution is 2.29. The molecule has 1 aromatic rings. The molecular weight excluding hydrogens is 238 g/mol. The predicted molar refractivity (Wildman–Crippen MR) is 78.6 cm³/mol. The minimum atomic E-state index is -0.741. The number of aliphatic carboxylic acids is 1. The largest absolute Gasteiger partial charge is 0.481 e. The van der Waals surface area contributed by atoms with E-state index in [0.717, 1.165) is 18.7 Å². The molecule has 0 fully saturated rings. The zero-order valence-corrected chi connectivity index (χ0v) is 12.7. The van der Waals surface area contributed by atoms with Gasteiger partial charge in [-0.2, -0.15) is 0 Å². The zero-order chi connectivity index (χ0) is 14.6. The van der Waals surface area contributed by atoms with Gasteiger partial charge in [0.05, 0.1) is 6.42 Å². The number of aryl methyl sites for hydroxylation is 3. The van der Waals surface area contributed by atoms with E-state index in [1.165, 1.54) is 16.7 Å². The molecule has 0 heterocycles. The Morgan fingerprint density at radius 3 is 2.11 bits per heavy atom. The maximum Gasteiger partial charge on any atom is 0.305 e. The van der Waals surface area contributed by atoms with Gasteiger partial charge in [-0.3, -0.25) is 9.69 Å². The van der Waals surface area contributed by atoms with Gasteiger partial charge in [0.15, 0.2) is 0 Å². The third-order valence-corrected chi connectivity index (χ3v) is 3.86. The first-order chi connectivity index (χ1) is 8.90. The normalized spacial score (nSPS) is 12.7. The molecule has 1 unspecified atom stereocenters. The Morgan fingerprint density at radius 1 is 1.11 bits per heavy atom. The van der Waals surface area contributed by atoms with Gasteiger partial charge < -0.3 is 5.11 Å². The number of rotatable bonds is 6. The van der Waals surface area contributed by atoms with Crippen LogP contribution in [0.3, 0.4) is 0 Å². The Bertz CT molecular complexity index is 450. The summed E-state index contributed by atoms with van der Waals surface area (Å²) < 4.78 is 0. The average molecular weight is 263 g/mol. The highest BCUT2D eigenvalue weighted by molar-refractivity contribution is 5.68. The molecule has 0 aliphatic rings. The van der Waals surface area contributed by atoms with Crippen molar-refractivity contribution in [2.24, 2.45) is 0 Å². The van der Waals surface area contributed by atoms with Gasteiger partial charge in [-0.15, -0.1) is 0 Å². The number of hydrogen-bond donors (Lipinski definition) is 1. The highest BCUT2D eigenvalue weighted by Gasteiger charge is 2.23. The van der Waals surface area contributed by atoms with Gasteiger partial charge in [-0.25, -0.2) is 0 Å². The number of carboxylic acids is 1. The first kappa shape index (κ1) is 15.7. The van der Waals surface area contributed by atoms with Crippen molar-refractivity contribution in [3.8, 4) is 0 Å². The van der Waals surface area contributed by atoms with Gasteiger partial charge >= 0.3 is 5.97 Å². The smallest absolute Gasteiger partial charge is 0.305 e.